The van der Waals surface area contributed by atoms with Crippen LogP contribution >= 0.6 is 0 Å². The van der Waals surface area contributed by atoms with Gasteiger partial charge in [-0.05, 0) is 56.0 Å². The maximum Gasteiger partial charge on any atom is 0.259 e. The monoisotopic (exact) mass is 485 g/mol. The lowest BCUT2D eigenvalue weighted by Gasteiger charge is -2.23. The predicted octanol–water partition coefficient (Wildman–Crippen LogP) is 3.79. The maximum absolute atomic E-state index is 13.2. The lowest BCUT2D eigenvalue weighted by molar-refractivity contribution is 0.0928. The third-order valence-electron chi connectivity index (χ3n) is 6.48. The number of rotatable bonds is 7. The number of nitrogens with one attached hydrogen (secondary N) is 2. The van der Waals surface area contributed by atoms with Gasteiger partial charge in [-0.3, -0.25) is 9.59 Å². The number of benzene rings is 2. The van der Waals surface area contributed by atoms with E-state index in [0.717, 1.165) is 38.5 Å². The van der Waals surface area contributed by atoms with Crippen LogP contribution in [0.2, 0.25) is 0 Å². The predicted molar refractivity (Wildman–Crippen MR) is 130 cm³/mol. The van der Waals surface area contributed by atoms with E-state index < -0.39 is 15.9 Å². The molecule has 182 valence electrons. The summed E-state index contributed by atoms with van der Waals surface area (Å²) in [7, 11) is -2.27. The lowest BCUT2D eigenvalue weighted by atomic mass is 9.95. The average molecular weight is 486 g/mol. The Morgan fingerprint density at radius 3 is 2.32 bits per heavy atom. The summed E-state index contributed by atoms with van der Waals surface area (Å²) >= 11 is 0. The van der Waals surface area contributed by atoms with Gasteiger partial charge in [-0.25, -0.2) is 8.42 Å². The number of para-hydroxylation sites is 1. The maximum atomic E-state index is 13.2. The first-order valence-corrected chi connectivity index (χ1v) is 13.2. The van der Waals surface area contributed by atoms with Crippen LogP contribution in [-0.4, -0.2) is 50.8 Å². The van der Waals surface area contributed by atoms with Gasteiger partial charge < -0.3 is 15.4 Å². The standard InChI is InChI=1S/C25H31N3O5S/c1-33-23-14-13-19(34(31,32)28-15-7-8-16-28)17-21(23)25(30)27-22-12-6-5-11-20(22)24(29)26-18-9-3-2-4-10-18/h5-6,11-14,17-18H,2-4,7-10,15-16H2,1H3,(H,26,29)(H,27,30). The Morgan fingerprint density at radius 1 is 0.912 bits per heavy atom. The van der Waals surface area contributed by atoms with E-state index in [4.69, 9.17) is 4.74 Å². The summed E-state index contributed by atoms with van der Waals surface area (Å²) in [4.78, 5) is 26.2. The molecular weight excluding hydrogens is 454 g/mol. The second kappa shape index (κ2) is 10.6. The highest BCUT2D eigenvalue weighted by Crippen LogP contribution is 2.28. The van der Waals surface area contributed by atoms with Crippen molar-refractivity contribution in [1.82, 2.24) is 9.62 Å². The molecule has 2 fully saturated rings. The van der Waals surface area contributed by atoms with Crippen LogP contribution in [0.3, 0.4) is 0 Å². The van der Waals surface area contributed by atoms with E-state index in [9.17, 15) is 18.0 Å². The van der Waals surface area contributed by atoms with Crippen molar-refractivity contribution < 1.29 is 22.7 Å². The molecule has 0 bridgehead atoms. The van der Waals surface area contributed by atoms with Gasteiger partial charge in [-0.15, -0.1) is 0 Å². The van der Waals surface area contributed by atoms with Crippen LogP contribution in [0.4, 0.5) is 5.69 Å². The highest BCUT2D eigenvalue weighted by molar-refractivity contribution is 7.89. The topological polar surface area (TPSA) is 105 Å². The Balaban J connectivity index is 1.57. The number of sulfonamides is 1. The van der Waals surface area contributed by atoms with E-state index in [-0.39, 0.29) is 28.2 Å². The van der Waals surface area contributed by atoms with E-state index in [1.165, 1.54) is 36.0 Å². The minimum atomic E-state index is -3.70. The first-order valence-electron chi connectivity index (χ1n) is 11.8. The molecule has 8 nitrogen and oxygen atoms in total. The van der Waals surface area contributed by atoms with E-state index in [0.29, 0.717) is 24.3 Å². The molecule has 0 radical (unpaired) electrons. The fourth-order valence-corrected chi connectivity index (χ4v) is 6.14. The molecule has 2 amide bonds. The smallest absolute Gasteiger partial charge is 0.259 e. The van der Waals surface area contributed by atoms with Crippen molar-refractivity contribution in [3.05, 3.63) is 53.6 Å². The quantitative estimate of drug-likeness (QED) is 0.621. The largest absolute Gasteiger partial charge is 0.496 e. The molecule has 2 aromatic carbocycles. The number of hydrogen-bond acceptors (Lipinski definition) is 5. The number of carbonyl (C=O) groups excluding carboxylic acids is 2. The number of methoxy groups -OCH3 is 1. The van der Waals surface area contributed by atoms with E-state index in [1.807, 2.05) is 0 Å². The van der Waals surface area contributed by atoms with Crippen molar-refractivity contribution in [3.8, 4) is 5.75 Å². The molecule has 34 heavy (non-hydrogen) atoms. The summed E-state index contributed by atoms with van der Waals surface area (Å²) in [6.07, 6.45) is 6.93. The average Bonchev–Trinajstić information content (AvgIpc) is 3.40. The Hall–Kier alpha value is -2.91. The number of ether oxygens (including phenoxy) is 1. The van der Waals surface area contributed by atoms with E-state index in [2.05, 4.69) is 10.6 Å². The molecule has 1 saturated carbocycles. The second-order valence-electron chi connectivity index (χ2n) is 8.78. The number of carbonyl (C=O) groups is 2. The summed E-state index contributed by atoms with van der Waals surface area (Å²) < 4.78 is 32.8. The molecule has 0 spiro atoms. The van der Waals surface area contributed by atoms with Gasteiger partial charge in [0.2, 0.25) is 10.0 Å². The zero-order chi connectivity index (χ0) is 24.1. The van der Waals surface area contributed by atoms with Crippen LogP contribution in [0.5, 0.6) is 5.75 Å². The summed E-state index contributed by atoms with van der Waals surface area (Å²) in [6.45, 7) is 0.943. The van der Waals surface area contributed by atoms with Gasteiger partial charge in [-0.1, -0.05) is 31.4 Å². The highest BCUT2D eigenvalue weighted by atomic mass is 32.2. The van der Waals surface area contributed by atoms with Gasteiger partial charge in [0.1, 0.15) is 5.75 Å². The minimum Gasteiger partial charge on any atom is -0.496 e. The molecule has 0 atom stereocenters. The van der Waals surface area contributed by atoms with Gasteiger partial charge in [0.25, 0.3) is 11.8 Å². The number of nitrogens with zero attached hydrogens (tertiary/aromatic N) is 1. The number of hydrogen-bond donors (Lipinski definition) is 2. The van der Waals surface area contributed by atoms with Crippen molar-refractivity contribution in [2.45, 2.75) is 55.9 Å². The summed E-state index contributed by atoms with van der Waals surface area (Å²) in [5, 5.41) is 5.85. The normalized spacial score (nSPS) is 17.3. The molecule has 9 heteroatoms. The third-order valence-corrected chi connectivity index (χ3v) is 8.37. The van der Waals surface area contributed by atoms with Crippen molar-refractivity contribution >= 4 is 27.5 Å². The first kappa shape index (κ1) is 24.2. The zero-order valence-corrected chi connectivity index (χ0v) is 20.2. The molecule has 1 aliphatic carbocycles. The van der Waals surface area contributed by atoms with Gasteiger partial charge in [0.05, 0.1) is 28.8 Å². The highest BCUT2D eigenvalue weighted by Gasteiger charge is 2.29. The number of amides is 2. The summed E-state index contributed by atoms with van der Waals surface area (Å²) in [6, 6.07) is 11.2. The molecular formula is C25H31N3O5S. The molecule has 1 saturated heterocycles. The van der Waals surface area contributed by atoms with Crippen molar-refractivity contribution in [2.75, 3.05) is 25.5 Å². The van der Waals surface area contributed by atoms with Crippen molar-refractivity contribution in [1.29, 1.82) is 0 Å². The molecule has 1 heterocycles. The molecule has 2 N–H and O–H groups in total. The molecule has 0 unspecified atom stereocenters. The third kappa shape index (κ3) is 5.26. The fourth-order valence-electron chi connectivity index (χ4n) is 4.59. The Bertz CT molecular complexity index is 1150. The second-order valence-corrected chi connectivity index (χ2v) is 10.7. The Morgan fingerprint density at radius 2 is 1.62 bits per heavy atom. The van der Waals surface area contributed by atoms with Crippen LogP contribution in [0, 0.1) is 0 Å². The molecule has 1 aliphatic heterocycles. The SMILES string of the molecule is COc1ccc(S(=O)(=O)N2CCCC2)cc1C(=O)Nc1ccccc1C(=O)NC1CCCCC1. The van der Waals surface area contributed by atoms with E-state index in [1.54, 1.807) is 24.3 Å². The van der Waals surface area contributed by atoms with E-state index >= 15 is 0 Å². The van der Waals surface area contributed by atoms with Crippen molar-refractivity contribution in [2.24, 2.45) is 0 Å². The molecule has 4 rings (SSSR count). The van der Waals surface area contributed by atoms with Gasteiger partial charge in [-0.2, -0.15) is 4.31 Å². The lowest BCUT2D eigenvalue weighted by Crippen LogP contribution is -2.36. The van der Waals surface area contributed by atoms with Gasteiger partial charge in [0, 0.05) is 19.1 Å². The molecule has 0 aromatic heterocycles. The summed E-state index contributed by atoms with van der Waals surface area (Å²) in [5.74, 6) is -0.532. The van der Waals surface area contributed by atoms with Crippen LogP contribution < -0.4 is 15.4 Å². The van der Waals surface area contributed by atoms with Crippen LogP contribution in [0.15, 0.2) is 47.4 Å². The minimum absolute atomic E-state index is 0.0451. The van der Waals surface area contributed by atoms with Crippen LogP contribution in [0.1, 0.15) is 65.7 Å². The number of anilines is 1. The van der Waals surface area contributed by atoms with Gasteiger partial charge >= 0.3 is 0 Å². The Kier molecular flexibility index (Phi) is 7.53. The first-order chi connectivity index (χ1) is 16.4. The zero-order valence-electron chi connectivity index (χ0n) is 19.4. The van der Waals surface area contributed by atoms with Crippen molar-refractivity contribution in [3.63, 3.8) is 0 Å². The van der Waals surface area contributed by atoms with Crippen LogP contribution in [-0.2, 0) is 10.0 Å². The Labute approximate surface area is 200 Å². The molecule has 2 aromatic rings. The fraction of sp³-hybridized carbons (Fsp3) is 0.440. The summed E-state index contributed by atoms with van der Waals surface area (Å²) in [5.41, 5.74) is 0.808. The van der Waals surface area contributed by atoms with Crippen LogP contribution in [0.25, 0.3) is 0 Å². The molecule has 2 aliphatic rings. The van der Waals surface area contributed by atoms with Gasteiger partial charge in [0.15, 0.2) is 0 Å².